The van der Waals surface area contributed by atoms with E-state index in [1.807, 2.05) is 12.1 Å². The molecule has 98 valence electrons. The van der Waals surface area contributed by atoms with Crippen LogP contribution < -0.4 is 5.73 Å². The topological polar surface area (TPSA) is 43.1 Å². The number of ketones is 1. The summed E-state index contributed by atoms with van der Waals surface area (Å²) in [6.07, 6.45) is 0.759. The Balaban J connectivity index is 2.30. The molecule has 0 bridgehead atoms. The maximum atomic E-state index is 13.2. The van der Waals surface area contributed by atoms with Gasteiger partial charge in [0, 0.05) is 11.1 Å². The molecule has 2 aromatic rings. The van der Waals surface area contributed by atoms with E-state index in [9.17, 15) is 9.18 Å². The first-order chi connectivity index (χ1) is 9.11. The zero-order valence-corrected chi connectivity index (χ0v) is 11.0. The summed E-state index contributed by atoms with van der Waals surface area (Å²) in [5.41, 5.74) is 7.17. The van der Waals surface area contributed by atoms with E-state index in [1.54, 1.807) is 12.1 Å². The van der Waals surface area contributed by atoms with Crippen LogP contribution >= 0.6 is 11.6 Å². The summed E-state index contributed by atoms with van der Waals surface area (Å²) in [7, 11) is 0. The summed E-state index contributed by atoms with van der Waals surface area (Å²) in [4.78, 5) is 12.2. The Hall–Kier alpha value is -1.71. The second kappa shape index (κ2) is 5.95. The molecule has 4 heteroatoms. The Kier molecular flexibility index (Phi) is 4.30. The van der Waals surface area contributed by atoms with Gasteiger partial charge in [0.2, 0.25) is 0 Å². The number of hydrogen-bond acceptors (Lipinski definition) is 2. The van der Waals surface area contributed by atoms with Gasteiger partial charge in [-0.1, -0.05) is 35.9 Å². The molecule has 0 saturated heterocycles. The quantitative estimate of drug-likeness (QED) is 0.872. The minimum Gasteiger partial charge on any atom is -0.330 e. The van der Waals surface area contributed by atoms with Crippen molar-refractivity contribution in [1.82, 2.24) is 0 Å². The largest absolute Gasteiger partial charge is 0.330 e. The highest BCUT2D eigenvalue weighted by atomic mass is 35.5. The minimum atomic E-state index is -0.479. The third-order valence-corrected chi connectivity index (χ3v) is 3.15. The van der Waals surface area contributed by atoms with Gasteiger partial charge in [-0.25, -0.2) is 4.39 Å². The lowest BCUT2D eigenvalue weighted by molar-refractivity contribution is 0.103. The van der Waals surface area contributed by atoms with Crippen LogP contribution in [0.25, 0.3) is 0 Å². The standard InChI is InChI=1S/C15H13ClFNO/c16-14-6-5-12(17)9-13(14)15(19)11-3-1-10(2-4-11)7-8-18/h1-6,9H,7-8,18H2. The summed E-state index contributed by atoms with van der Waals surface area (Å²) in [5, 5.41) is 0.248. The third-order valence-electron chi connectivity index (χ3n) is 2.82. The van der Waals surface area contributed by atoms with Crippen molar-refractivity contribution in [3.8, 4) is 0 Å². The van der Waals surface area contributed by atoms with Crippen LogP contribution in [0.15, 0.2) is 42.5 Å². The van der Waals surface area contributed by atoms with Crippen LogP contribution in [0.4, 0.5) is 4.39 Å². The number of halogens is 2. The van der Waals surface area contributed by atoms with Crippen molar-refractivity contribution in [2.24, 2.45) is 5.73 Å². The first-order valence-corrected chi connectivity index (χ1v) is 6.28. The maximum Gasteiger partial charge on any atom is 0.194 e. The van der Waals surface area contributed by atoms with Crippen molar-refractivity contribution >= 4 is 17.4 Å². The van der Waals surface area contributed by atoms with Crippen LogP contribution in [0.1, 0.15) is 21.5 Å². The van der Waals surface area contributed by atoms with Crippen LogP contribution in [0.3, 0.4) is 0 Å². The molecule has 0 aliphatic carbocycles. The second-order valence-electron chi connectivity index (χ2n) is 4.19. The fraction of sp³-hybridized carbons (Fsp3) is 0.133. The van der Waals surface area contributed by atoms with Gasteiger partial charge in [-0.15, -0.1) is 0 Å². The lowest BCUT2D eigenvalue weighted by Crippen LogP contribution is -2.05. The van der Waals surface area contributed by atoms with Crippen molar-refractivity contribution in [1.29, 1.82) is 0 Å². The van der Waals surface area contributed by atoms with Crippen molar-refractivity contribution in [2.45, 2.75) is 6.42 Å². The molecule has 0 saturated carbocycles. The highest BCUT2D eigenvalue weighted by Gasteiger charge is 2.13. The predicted octanol–water partition coefficient (Wildman–Crippen LogP) is 3.21. The number of nitrogens with two attached hydrogens (primary N) is 1. The zero-order chi connectivity index (χ0) is 13.8. The summed E-state index contributed by atoms with van der Waals surface area (Å²) >= 11 is 5.92. The van der Waals surface area contributed by atoms with Gasteiger partial charge >= 0.3 is 0 Å². The van der Waals surface area contributed by atoms with E-state index in [-0.39, 0.29) is 16.4 Å². The highest BCUT2D eigenvalue weighted by Crippen LogP contribution is 2.21. The number of benzene rings is 2. The Labute approximate surface area is 116 Å². The minimum absolute atomic E-state index is 0.174. The molecule has 0 aliphatic rings. The van der Waals surface area contributed by atoms with Crippen molar-refractivity contribution in [3.05, 3.63) is 70.0 Å². The Bertz CT molecular complexity index is 596. The first-order valence-electron chi connectivity index (χ1n) is 5.90. The van der Waals surface area contributed by atoms with Gasteiger partial charge in [0.1, 0.15) is 5.82 Å². The van der Waals surface area contributed by atoms with Crippen molar-refractivity contribution in [3.63, 3.8) is 0 Å². The fourth-order valence-electron chi connectivity index (χ4n) is 1.82. The molecular formula is C15H13ClFNO. The van der Waals surface area contributed by atoms with Crippen LogP contribution in [0, 0.1) is 5.82 Å². The van der Waals surface area contributed by atoms with Gasteiger partial charge in [0.05, 0.1) is 5.02 Å². The summed E-state index contributed by atoms with van der Waals surface area (Å²) in [5.74, 6) is -0.767. The normalized spacial score (nSPS) is 10.5. The van der Waals surface area contributed by atoms with Crippen molar-refractivity contribution < 1.29 is 9.18 Å². The van der Waals surface area contributed by atoms with Gasteiger partial charge in [0.25, 0.3) is 0 Å². The van der Waals surface area contributed by atoms with Crippen LogP contribution in [-0.2, 0) is 6.42 Å². The van der Waals surface area contributed by atoms with E-state index in [4.69, 9.17) is 17.3 Å². The smallest absolute Gasteiger partial charge is 0.194 e. The van der Waals surface area contributed by atoms with E-state index in [2.05, 4.69) is 0 Å². The molecule has 0 aliphatic heterocycles. The summed E-state index contributed by atoms with van der Waals surface area (Å²) in [6.45, 7) is 0.559. The summed E-state index contributed by atoms with van der Waals surface area (Å²) < 4.78 is 13.2. The average Bonchev–Trinajstić information content (AvgIpc) is 2.42. The van der Waals surface area contributed by atoms with Gasteiger partial charge in [-0.05, 0) is 36.7 Å². The number of hydrogen-bond donors (Lipinski definition) is 1. The second-order valence-corrected chi connectivity index (χ2v) is 4.60. The molecular weight excluding hydrogens is 265 g/mol. The predicted molar refractivity (Wildman–Crippen MR) is 74.0 cm³/mol. The molecule has 2 aromatic carbocycles. The molecule has 0 fully saturated rings. The molecule has 0 atom stereocenters. The first kappa shape index (κ1) is 13.7. The van der Waals surface area contributed by atoms with Crippen LogP contribution in [-0.4, -0.2) is 12.3 Å². The lowest BCUT2D eigenvalue weighted by atomic mass is 10.0. The number of rotatable bonds is 4. The molecule has 0 heterocycles. The Morgan fingerprint density at radius 1 is 1.16 bits per heavy atom. The zero-order valence-electron chi connectivity index (χ0n) is 10.2. The molecule has 0 amide bonds. The molecule has 0 radical (unpaired) electrons. The molecule has 0 spiro atoms. The van der Waals surface area contributed by atoms with E-state index in [0.29, 0.717) is 12.1 Å². The summed E-state index contributed by atoms with van der Waals surface area (Å²) in [6, 6.07) is 10.8. The highest BCUT2D eigenvalue weighted by molar-refractivity contribution is 6.34. The molecule has 0 aromatic heterocycles. The fourth-order valence-corrected chi connectivity index (χ4v) is 2.02. The molecule has 19 heavy (non-hydrogen) atoms. The van der Waals surface area contributed by atoms with Crippen molar-refractivity contribution in [2.75, 3.05) is 6.54 Å². The van der Waals surface area contributed by atoms with E-state index < -0.39 is 5.82 Å². The van der Waals surface area contributed by atoms with E-state index >= 15 is 0 Å². The van der Waals surface area contributed by atoms with Gasteiger partial charge in [-0.3, -0.25) is 4.79 Å². The SMILES string of the molecule is NCCc1ccc(C(=O)c2cc(F)ccc2Cl)cc1. The number of carbonyl (C=O) groups excluding carboxylic acids is 1. The van der Waals surface area contributed by atoms with E-state index in [0.717, 1.165) is 18.1 Å². The Morgan fingerprint density at radius 3 is 2.47 bits per heavy atom. The van der Waals surface area contributed by atoms with E-state index in [1.165, 1.54) is 12.1 Å². The molecule has 2 nitrogen and oxygen atoms in total. The monoisotopic (exact) mass is 277 g/mol. The van der Waals surface area contributed by atoms with Gasteiger partial charge in [0.15, 0.2) is 5.78 Å². The molecule has 0 unspecified atom stereocenters. The van der Waals surface area contributed by atoms with Gasteiger partial charge < -0.3 is 5.73 Å². The molecule has 2 N–H and O–H groups in total. The average molecular weight is 278 g/mol. The van der Waals surface area contributed by atoms with Crippen LogP contribution in [0.5, 0.6) is 0 Å². The molecule has 2 rings (SSSR count). The van der Waals surface area contributed by atoms with Gasteiger partial charge in [-0.2, -0.15) is 0 Å². The third kappa shape index (κ3) is 3.19. The van der Waals surface area contributed by atoms with Crippen LogP contribution in [0.2, 0.25) is 5.02 Å². The Morgan fingerprint density at radius 2 is 1.84 bits per heavy atom. The maximum absolute atomic E-state index is 13.2. The number of carbonyl (C=O) groups is 1. The lowest BCUT2D eigenvalue weighted by Gasteiger charge is -2.05.